The van der Waals surface area contributed by atoms with Gasteiger partial charge in [0, 0.05) is 44.8 Å². The molecule has 1 aliphatic heterocycles. The van der Waals surface area contributed by atoms with Crippen molar-refractivity contribution < 1.29 is 0 Å². The predicted octanol–water partition coefficient (Wildman–Crippen LogP) is 1.09. The molecule has 0 unspecified atom stereocenters. The van der Waals surface area contributed by atoms with E-state index in [0.717, 1.165) is 49.2 Å². The van der Waals surface area contributed by atoms with Gasteiger partial charge in [-0.15, -0.1) is 0 Å². The highest BCUT2D eigenvalue weighted by Crippen LogP contribution is 2.24. The Morgan fingerprint density at radius 1 is 0.950 bits per heavy atom. The molecule has 2 N–H and O–H groups in total. The van der Waals surface area contributed by atoms with Crippen molar-refractivity contribution in [1.29, 1.82) is 0 Å². The highest BCUT2D eigenvalue weighted by atomic mass is 15.3. The van der Waals surface area contributed by atoms with Crippen LogP contribution in [0.3, 0.4) is 0 Å². The fourth-order valence-corrected chi connectivity index (χ4v) is 2.38. The Balaban J connectivity index is 1.71. The lowest BCUT2D eigenvalue weighted by Gasteiger charge is -2.35. The van der Waals surface area contributed by atoms with Crippen molar-refractivity contribution >= 4 is 17.5 Å². The molecule has 1 aliphatic rings. The molecular weight excluding hydrogens is 252 g/mol. The number of piperazine rings is 1. The summed E-state index contributed by atoms with van der Waals surface area (Å²) in [5.41, 5.74) is 7.96. The first-order valence-corrected chi connectivity index (χ1v) is 6.73. The molecule has 0 amide bonds. The van der Waals surface area contributed by atoms with Crippen molar-refractivity contribution in [1.82, 2.24) is 15.0 Å². The number of nitrogens with zero attached hydrogens (tertiary/aromatic N) is 5. The first-order chi connectivity index (χ1) is 9.75. The van der Waals surface area contributed by atoms with Crippen LogP contribution in [-0.4, -0.2) is 41.1 Å². The average Bonchev–Trinajstić information content (AvgIpc) is 2.51. The number of nitrogens with two attached hydrogens (primary N) is 1. The minimum absolute atomic E-state index is 0.775. The monoisotopic (exact) mass is 270 g/mol. The summed E-state index contributed by atoms with van der Waals surface area (Å²) in [6, 6.07) is 3.77. The highest BCUT2D eigenvalue weighted by Gasteiger charge is 2.21. The highest BCUT2D eigenvalue weighted by molar-refractivity contribution is 5.66. The molecule has 6 nitrogen and oxygen atoms in total. The van der Waals surface area contributed by atoms with Crippen molar-refractivity contribution in [3.05, 3.63) is 36.3 Å². The molecule has 0 atom stereocenters. The second-order valence-corrected chi connectivity index (χ2v) is 4.89. The third-order valence-corrected chi connectivity index (χ3v) is 3.60. The van der Waals surface area contributed by atoms with Gasteiger partial charge >= 0.3 is 0 Å². The number of hydrogen-bond donors (Lipinski definition) is 1. The van der Waals surface area contributed by atoms with Gasteiger partial charge in [-0.2, -0.15) is 0 Å². The summed E-state index contributed by atoms with van der Waals surface area (Å²) in [6.45, 7) is 5.50. The number of pyridine rings is 1. The fraction of sp³-hybridized carbons (Fsp3) is 0.357. The maximum Gasteiger partial charge on any atom is 0.225 e. The topological polar surface area (TPSA) is 71.2 Å². The van der Waals surface area contributed by atoms with Gasteiger partial charge in [0.1, 0.15) is 0 Å². The molecule has 0 bridgehead atoms. The molecule has 6 heteroatoms. The lowest BCUT2D eigenvalue weighted by Crippen LogP contribution is -2.47. The molecule has 0 spiro atoms. The molecular formula is C14H18N6. The Morgan fingerprint density at radius 2 is 1.60 bits per heavy atom. The van der Waals surface area contributed by atoms with E-state index in [-0.39, 0.29) is 0 Å². The standard InChI is InChI=1S/C14H18N6/c1-11-3-6-16-13(12(11)15)19-7-9-20(10-8-19)14-17-4-2-5-18-14/h2-6H,7-10,15H2,1H3. The minimum Gasteiger partial charge on any atom is -0.396 e. The molecule has 0 aromatic carbocycles. The van der Waals surface area contributed by atoms with Gasteiger partial charge < -0.3 is 15.5 Å². The van der Waals surface area contributed by atoms with Gasteiger partial charge in [0.25, 0.3) is 0 Å². The van der Waals surface area contributed by atoms with Crippen LogP contribution >= 0.6 is 0 Å². The normalized spacial score (nSPS) is 15.4. The van der Waals surface area contributed by atoms with E-state index in [4.69, 9.17) is 5.73 Å². The number of aromatic nitrogens is 3. The zero-order valence-electron chi connectivity index (χ0n) is 11.5. The smallest absolute Gasteiger partial charge is 0.225 e. The summed E-state index contributed by atoms with van der Waals surface area (Å²) in [5.74, 6) is 1.68. The van der Waals surface area contributed by atoms with E-state index < -0.39 is 0 Å². The van der Waals surface area contributed by atoms with Crippen LogP contribution in [0.4, 0.5) is 17.5 Å². The summed E-state index contributed by atoms with van der Waals surface area (Å²) < 4.78 is 0. The van der Waals surface area contributed by atoms with E-state index >= 15 is 0 Å². The fourth-order valence-electron chi connectivity index (χ4n) is 2.38. The van der Waals surface area contributed by atoms with Gasteiger partial charge in [-0.1, -0.05) is 0 Å². The molecule has 0 radical (unpaired) electrons. The lowest BCUT2D eigenvalue weighted by molar-refractivity contribution is 0.635. The zero-order valence-corrected chi connectivity index (χ0v) is 11.5. The second kappa shape index (κ2) is 5.32. The first kappa shape index (κ1) is 12.7. The number of aryl methyl sites for hydroxylation is 1. The van der Waals surface area contributed by atoms with Gasteiger partial charge in [0.05, 0.1) is 5.69 Å². The molecule has 2 aromatic heterocycles. The van der Waals surface area contributed by atoms with Gasteiger partial charge in [-0.3, -0.25) is 0 Å². The Morgan fingerprint density at radius 3 is 2.30 bits per heavy atom. The van der Waals surface area contributed by atoms with Crippen LogP contribution in [0.25, 0.3) is 0 Å². The van der Waals surface area contributed by atoms with Crippen molar-refractivity contribution in [2.75, 3.05) is 41.7 Å². The number of hydrogen-bond acceptors (Lipinski definition) is 6. The summed E-state index contributed by atoms with van der Waals surface area (Å²) in [7, 11) is 0. The Bertz CT molecular complexity index is 577. The molecule has 104 valence electrons. The molecule has 1 fully saturated rings. The van der Waals surface area contributed by atoms with Crippen LogP contribution in [0.1, 0.15) is 5.56 Å². The Labute approximate surface area is 118 Å². The molecule has 3 heterocycles. The van der Waals surface area contributed by atoms with E-state index in [1.54, 1.807) is 12.4 Å². The lowest BCUT2D eigenvalue weighted by atomic mass is 10.2. The van der Waals surface area contributed by atoms with Crippen LogP contribution < -0.4 is 15.5 Å². The van der Waals surface area contributed by atoms with Crippen molar-refractivity contribution in [3.63, 3.8) is 0 Å². The first-order valence-electron chi connectivity index (χ1n) is 6.73. The maximum absolute atomic E-state index is 6.12. The number of anilines is 3. The van der Waals surface area contributed by atoms with Crippen molar-refractivity contribution in [2.45, 2.75) is 6.92 Å². The van der Waals surface area contributed by atoms with Crippen LogP contribution in [0.2, 0.25) is 0 Å². The predicted molar refractivity (Wildman–Crippen MR) is 79.8 cm³/mol. The Hall–Kier alpha value is -2.37. The van der Waals surface area contributed by atoms with Gasteiger partial charge in [0.2, 0.25) is 5.95 Å². The van der Waals surface area contributed by atoms with E-state index in [9.17, 15) is 0 Å². The van der Waals surface area contributed by atoms with E-state index in [0.29, 0.717) is 0 Å². The molecule has 0 aliphatic carbocycles. The maximum atomic E-state index is 6.12. The van der Waals surface area contributed by atoms with Gasteiger partial charge in [-0.05, 0) is 24.6 Å². The van der Waals surface area contributed by atoms with Gasteiger partial charge in [-0.25, -0.2) is 15.0 Å². The van der Waals surface area contributed by atoms with Crippen LogP contribution in [0.5, 0.6) is 0 Å². The zero-order chi connectivity index (χ0) is 13.9. The summed E-state index contributed by atoms with van der Waals surface area (Å²) >= 11 is 0. The Kier molecular flexibility index (Phi) is 3.37. The second-order valence-electron chi connectivity index (χ2n) is 4.89. The van der Waals surface area contributed by atoms with E-state index in [1.165, 1.54) is 0 Å². The van der Waals surface area contributed by atoms with Crippen LogP contribution in [0.15, 0.2) is 30.7 Å². The quantitative estimate of drug-likeness (QED) is 0.880. The van der Waals surface area contributed by atoms with Crippen LogP contribution in [0, 0.1) is 6.92 Å². The summed E-state index contributed by atoms with van der Waals surface area (Å²) in [5, 5.41) is 0. The van der Waals surface area contributed by atoms with E-state index in [1.807, 2.05) is 25.3 Å². The molecule has 1 saturated heterocycles. The van der Waals surface area contributed by atoms with Crippen molar-refractivity contribution in [2.24, 2.45) is 0 Å². The largest absolute Gasteiger partial charge is 0.396 e. The van der Waals surface area contributed by atoms with E-state index in [2.05, 4.69) is 24.8 Å². The molecule has 2 aromatic rings. The minimum atomic E-state index is 0.775. The number of nitrogen functional groups attached to an aromatic ring is 1. The summed E-state index contributed by atoms with van der Waals surface area (Å²) in [4.78, 5) is 17.4. The third-order valence-electron chi connectivity index (χ3n) is 3.60. The molecule has 20 heavy (non-hydrogen) atoms. The number of rotatable bonds is 2. The van der Waals surface area contributed by atoms with Crippen molar-refractivity contribution in [3.8, 4) is 0 Å². The third kappa shape index (κ3) is 2.36. The average molecular weight is 270 g/mol. The molecule has 0 saturated carbocycles. The summed E-state index contributed by atoms with van der Waals surface area (Å²) in [6.07, 6.45) is 5.36. The van der Waals surface area contributed by atoms with Gasteiger partial charge in [0.15, 0.2) is 5.82 Å². The molecule has 3 rings (SSSR count). The SMILES string of the molecule is Cc1ccnc(N2CCN(c3ncccn3)CC2)c1N. The van der Waals surface area contributed by atoms with Crippen LogP contribution in [-0.2, 0) is 0 Å².